The van der Waals surface area contributed by atoms with Gasteiger partial charge in [-0.25, -0.2) is 0 Å². The first-order valence-corrected chi connectivity index (χ1v) is 11.7. The molecule has 168 valence electrons. The van der Waals surface area contributed by atoms with Gasteiger partial charge in [-0.2, -0.15) is 4.68 Å². The number of para-hydroxylation sites is 1. The topological polar surface area (TPSA) is 93.2 Å². The van der Waals surface area contributed by atoms with Gasteiger partial charge < -0.3 is 14.3 Å². The van der Waals surface area contributed by atoms with Crippen molar-refractivity contribution >= 4 is 23.6 Å². The van der Waals surface area contributed by atoms with Gasteiger partial charge in [-0.1, -0.05) is 40.6 Å². The van der Waals surface area contributed by atoms with E-state index in [0.29, 0.717) is 43.4 Å². The van der Waals surface area contributed by atoms with Crippen LogP contribution in [0.5, 0.6) is 0 Å². The fourth-order valence-electron chi connectivity index (χ4n) is 3.80. The van der Waals surface area contributed by atoms with Gasteiger partial charge in [0.1, 0.15) is 5.76 Å². The SMILES string of the molecule is Cc1cc(CSc2ccccc2C(=O)N2CCN(c3nnnn3-c3ccccc3)CC2)on1. The molecule has 3 heterocycles. The Morgan fingerprint density at radius 3 is 2.55 bits per heavy atom. The molecular weight excluding hydrogens is 438 g/mol. The molecule has 0 unspecified atom stereocenters. The van der Waals surface area contributed by atoms with Crippen LogP contribution in [0.4, 0.5) is 5.95 Å². The van der Waals surface area contributed by atoms with Crippen LogP contribution in [0.1, 0.15) is 21.8 Å². The number of aromatic nitrogens is 5. The normalized spacial score (nSPS) is 14.0. The van der Waals surface area contributed by atoms with Gasteiger partial charge in [0.05, 0.1) is 22.7 Å². The summed E-state index contributed by atoms with van der Waals surface area (Å²) in [5.74, 6) is 2.14. The molecule has 10 heteroatoms. The number of benzene rings is 2. The third kappa shape index (κ3) is 4.61. The molecule has 4 aromatic rings. The zero-order valence-electron chi connectivity index (χ0n) is 18.2. The first-order valence-electron chi connectivity index (χ1n) is 10.7. The van der Waals surface area contributed by atoms with E-state index in [4.69, 9.17) is 4.52 Å². The van der Waals surface area contributed by atoms with E-state index in [-0.39, 0.29) is 5.91 Å². The number of amides is 1. The summed E-state index contributed by atoms with van der Waals surface area (Å²) in [7, 11) is 0. The Labute approximate surface area is 195 Å². The number of aryl methyl sites for hydroxylation is 1. The summed E-state index contributed by atoms with van der Waals surface area (Å²) >= 11 is 1.58. The standard InChI is InChI=1S/C23H23N7O2S/c1-17-15-19(32-25-17)16-33-21-10-6-5-9-20(21)22(31)28-11-13-29(14-12-28)23-24-26-27-30(23)18-7-3-2-4-8-18/h2-10,15H,11-14,16H2,1H3. The second-order valence-electron chi connectivity index (χ2n) is 7.72. The zero-order chi connectivity index (χ0) is 22.6. The highest BCUT2D eigenvalue weighted by Gasteiger charge is 2.26. The number of carbonyl (C=O) groups is 1. The van der Waals surface area contributed by atoms with Crippen LogP contribution < -0.4 is 4.90 Å². The van der Waals surface area contributed by atoms with Crippen LogP contribution in [0.3, 0.4) is 0 Å². The molecule has 0 atom stereocenters. The van der Waals surface area contributed by atoms with E-state index in [1.807, 2.05) is 72.5 Å². The van der Waals surface area contributed by atoms with Crippen LogP contribution in [0.25, 0.3) is 5.69 Å². The number of rotatable bonds is 6. The molecule has 0 aliphatic carbocycles. The van der Waals surface area contributed by atoms with Gasteiger partial charge in [-0.05, 0) is 41.6 Å². The lowest BCUT2D eigenvalue weighted by molar-refractivity contribution is 0.0742. The predicted octanol–water partition coefficient (Wildman–Crippen LogP) is 3.21. The highest BCUT2D eigenvalue weighted by atomic mass is 32.2. The molecule has 2 aromatic heterocycles. The predicted molar refractivity (Wildman–Crippen MR) is 125 cm³/mol. The zero-order valence-corrected chi connectivity index (χ0v) is 19.0. The Balaban J connectivity index is 1.25. The molecule has 0 N–H and O–H groups in total. The minimum absolute atomic E-state index is 0.0363. The van der Waals surface area contributed by atoms with Gasteiger partial charge >= 0.3 is 0 Å². The van der Waals surface area contributed by atoms with Gasteiger partial charge in [0.25, 0.3) is 5.91 Å². The van der Waals surface area contributed by atoms with E-state index in [1.54, 1.807) is 16.4 Å². The number of hydrogen-bond donors (Lipinski definition) is 0. The third-order valence-corrected chi connectivity index (χ3v) is 6.56. The van der Waals surface area contributed by atoms with Crippen LogP contribution in [-0.2, 0) is 5.75 Å². The van der Waals surface area contributed by atoms with Crippen LogP contribution >= 0.6 is 11.8 Å². The Morgan fingerprint density at radius 2 is 1.79 bits per heavy atom. The fraction of sp³-hybridized carbons (Fsp3) is 0.261. The van der Waals surface area contributed by atoms with E-state index in [9.17, 15) is 4.79 Å². The van der Waals surface area contributed by atoms with Crippen LogP contribution in [0.2, 0.25) is 0 Å². The molecule has 9 nitrogen and oxygen atoms in total. The molecule has 1 aliphatic heterocycles. The maximum absolute atomic E-state index is 13.3. The first-order chi connectivity index (χ1) is 16.2. The number of nitrogens with zero attached hydrogens (tertiary/aromatic N) is 7. The first kappa shape index (κ1) is 21.2. The summed E-state index contributed by atoms with van der Waals surface area (Å²) in [4.78, 5) is 18.3. The summed E-state index contributed by atoms with van der Waals surface area (Å²) in [5, 5.41) is 16.2. The van der Waals surface area contributed by atoms with Gasteiger partial charge in [0.2, 0.25) is 5.95 Å². The van der Waals surface area contributed by atoms with Gasteiger partial charge in [-0.3, -0.25) is 4.79 Å². The largest absolute Gasteiger partial charge is 0.360 e. The van der Waals surface area contributed by atoms with Crippen molar-refractivity contribution in [3.8, 4) is 5.69 Å². The number of piperazine rings is 1. The highest BCUT2D eigenvalue weighted by Crippen LogP contribution is 2.28. The average Bonchev–Trinajstić information content (AvgIpc) is 3.52. The Bertz CT molecular complexity index is 1230. The lowest BCUT2D eigenvalue weighted by Crippen LogP contribution is -2.49. The van der Waals surface area contributed by atoms with Crippen molar-refractivity contribution in [2.45, 2.75) is 17.6 Å². The summed E-state index contributed by atoms with van der Waals surface area (Å²) < 4.78 is 7.03. The van der Waals surface area contributed by atoms with Crippen LogP contribution in [-0.4, -0.2) is 62.4 Å². The van der Waals surface area contributed by atoms with Crippen molar-refractivity contribution in [3.05, 3.63) is 77.7 Å². The van der Waals surface area contributed by atoms with Gasteiger partial charge in [0.15, 0.2) is 0 Å². The second kappa shape index (κ2) is 9.45. The molecular formula is C23H23N7O2S. The minimum atomic E-state index is 0.0363. The Morgan fingerprint density at radius 1 is 1.03 bits per heavy atom. The molecule has 0 spiro atoms. The van der Waals surface area contributed by atoms with Crippen LogP contribution in [0.15, 0.2) is 70.1 Å². The number of hydrogen-bond acceptors (Lipinski definition) is 8. The Kier molecular flexibility index (Phi) is 6.07. The smallest absolute Gasteiger partial charge is 0.255 e. The highest BCUT2D eigenvalue weighted by molar-refractivity contribution is 7.98. The van der Waals surface area contributed by atoms with Crippen molar-refractivity contribution in [2.75, 3.05) is 31.1 Å². The van der Waals surface area contributed by atoms with E-state index < -0.39 is 0 Å². The molecule has 33 heavy (non-hydrogen) atoms. The quantitative estimate of drug-likeness (QED) is 0.404. The molecule has 2 aromatic carbocycles. The number of anilines is 1. The van der Waals surface area contributed by atoms with Crippen molar-refractivity contribution in [1.29, 1.82) is 0 Å². The lowest BCUT2D eigenvalue weighted by Gasteiger charge is -2.35. The van der Waals surface area contributed by atoms with Gasteiger partial charge in [-0.15, -0.1) is 11.8 Å². The summed E-state index contributed by atoms with van der Waals surface area (Å²) in [6.45, 7) is 4.41. The fourth-order valence-corrected chi connectivity index (χ4v) is 4.72. The maximum atomic E-state index is 13.3. The molecule has 0 radical (unpaired) electrons. The minimum Gasteiger partial charge on any atom is -0.360 e. The van der Waals surface area contributed by atoms with Crippen molar-refractivity contribution < 1.29 is 9.32 Å². The molecule has 0 bridgehead atoms. The molecule has 0 saturated carbocycles. The number of carbonyl (C=O) groups excluding carboxylic acids is 1. The van der Waals surface area contributed by atoms with E-state index >= 15 is 0 Å². The Hall–Kier alpha value is -3.66. The molecule has 1 saturated heterocycles. The molecule has 1 aliphatic rings. The van der Waals surface area contributed by atoms with Crippen molar-refractivity contribution in [2.24, 2.45) is 0 Å². The summed E-state index contributed by atoms with van der Waals surface area (Å²) in [5.41, 5.74) is 2.47. The van der Waals surface area contributed by atoms with Crippen molar-refractivity contribution in [1.82, 2.24) is 30.3 Å². The van der Waals surface area contributed by atoms with E-state index in [1.165, 1.54) is 0 Å². The lowest BCUT2D eigenvalue weighted by atomic mass is 10.2. The van der Waals surface area contributed by atoms with Crippen molar-refractivity contribution in [3.63, 3.8) is 0 Å². The van der Waals surface area contributed by atoms with Gasteiger partial charge in [0, 0.05) is 37.1 Å². The third-order valence-electron chi connectivity index (χ3n) is 5.47. The molecule has 1 fully saturated rings. The monoisotopic (exact) mass is 461 g/mol. The number of tetrazole rings is 1. The summed E-state index contributed by atoms with van der Waals surface area (Å²) in [6.07, 6.45) is 0. The number of thioether (sulfide) groups is 1. The van der Waals surface area contributed by atoms with E-state index in [2.05, 4.69) is 25.6 Å². The maximum Gasteiger partial charge on any atom is 0.255 e. The summed E-state index contributed by atoms with van der Waals surface area (Å²) in [6, 6.07) is 19.4. The second-order valence-corrected chi connectivity index (χ2v) is 8.74. The van der Waals surface area contributed by atoms with E-state index in [0.717, 1.165) is 22.0 Å². The molecule has 1 amide bonds. The average molecular weight is 462 g/mol. The van der Waals surface area contributed by atoms with Crippen LogP contribution in [0, 0.1) is 6.92 Å². The molecule has 5 rings (SSSR count).